The van der Waals surface area contributed by atoms with E-state index in [0.717, 1.165) is 49.0 Å². The van der Waals surface area contributed by atoms with Crippen LogP contribution < -0.4 is 9.75 Å². The third kappa shape index (κ3) is 5.07. The smallest absolute Gasteiger partial charge is 0.291 e. The number of carbonyl (C=O) groups is 1. The molecule has 1 saturated heterocycles. The average Bonchev–Trinajstić information content (AvgIpc) is 3.37. The van der Waals surface area contributed by atoms with E-state index in [1.807, 2.05) is 37.1 Å². The highest BCUT2D eigenvalue weighted by molar-refractivity contribution is 6.37. The molecule has 10 heteroatoms. The summed E-state index contributed by atoms with van der Waals surface area (Å²) in [6, 6.07) is 17.3. The normalized spacial score (nSPS) is 15.8. The maximum atomic E-state index is 14.3. The van der Waals surface area contributed by atoms with E-state index in [1.54, 1.807) is 35.3 Å². The Morgan fingerprint density at radius 3 is 2.40 bits per heavy atom. The van der Waals surface area contributed by atoms with Crippen molar-refractivity contribution in [3.63, 3.8) is 0 Å². The topological polar surface area (TPSA) is 61.5 Å². The van der Waals surface area contributed by atoms with E-state index in [2.05, 4.69) is 10.2 Å². The van der Waals surface area contributed by atoms with E-state index in [9.17, 15) is 9.18 Å². The molecule has 0 unspecified atom stereocenters. The van der Waals surface area contributed by atoms with Crippen molar-refractivity contribution in [2.24, 2.45) is 0 Å². The Bertz CT molecular complexity index is 1570. The number of aromatic amines is 1. The summed E-state index contributed by atoms with van der Waals surface area (Å²) in [6.45, 7) is 5.31. The number of rotatable bonds is 4. The van der Waals surface area contributed by atoms with Crippen LogP contribution in [0.2, 0.25) is 10.0 Å². The van der Waals surface area contributed by atoms with E-state index in [0.29, 0.717) is 38.4 Å². The van der Waals surface area contributed by atoms with Gasteiger partial charge in [0.1, 0.15) is 28.6 Å². The number of fused-ring (bicyclic) bond motifs is 3. The highest BCUT2D eigenvalue weighted by Gasteiger charge is 2.41. The van der Waals surface area contributed by atoms with Crippen LogP contribution in [-0.4, -0.2) is 34.2 Å². The number of hydrazine groups is 1. The monoisotopic (exact) mass is 600 g/mol. The molecule has 3 aromatic carbocycles. The Morgan fingerprint density at radius 1 is 1.00 bits per heavy atom. The predicted molar refractivity (Wildman–Crippen MR) is 159 cm³/mol. The number of H-pyrrole nitrogens is 1. The summed E-state index contributed by atoms with van der Waals surface area (Å²) in [5, 5.41) is 12.2. The summed E-state index contributed by atoms with van der Waals surface area (Å²) in [5.74, 6) is 0.0947. The molecular weight excluding hydrogens is 574 g/mol. The van der Waals surface area contributed by atoms with Gasteiger partial charge in [-0.1, -0.05) is 47.8 Å². The van der Waals surface area contributed by atoms with E-state index < -0.39 is 5.60 Å². The van der Waals surface area contributed by atoms with Crippen molar-refractivity contribution >= 4 is 47.2 Å². The summed E-state index contributed by atoms with van der Waals surface area (Å²) < 4.78 is 19.9. The van der Waals surface area contributed by atoms with Gasteiger partial charge in [-0.3, -0.25) is 9.89 Å². The zero-order valence-electron chi connectivity index (χ0n) is 22.0. The van der Waals surface area contributed by atoms with Gasteiger partial charge in [-0.2, -0.15) is 5.10 Å². The number of anilines is 1. The van der Waals surface area contributed by atoms with Crippen LogP contribution in [0.4, 0.5) is 10.1 Å². The number of hydrogen-bond donors (Lipinski definition) is 1. The van der Waals surface area contributed by atoms with Gasteiger partial charge in [0.15, 0.2) is 0 Å². The van der Waals surface area contributed by atoms with Gasteiger partial charge >= 0.3 is 0 Å². The zero-order chi connectivity index (χ0) is 27.3. The largest absolute Gasteiger partial charge is 0.482 e. The first-order valence-electron chi connectivity index (χ1n) is 13.0. The zero-order valence-corrected chi connectivity index (χ0v) is 24.3. The fraction of sp³-hybridized carbons (Fsp3) is 0.267. The first-order valence-corrected chi connectivity index (χ1v) is 13.7. The molecule has 1 aromatic heterocycles. The Kier molecular flexibility index (Phi) is 7.86. The fourth-order valence-electron chi connectivity index (χ4n) is 5.45. The van der Waals surface area contributed by atoms with Gasteiger partial charge < -0.3 is 4.74 Å². The van der Waals surface area contributed by atoms with Crippen molar-refractivity contribution in [3.05, 3.63) is 87.8 Å². The number of nitrogens with zero attached hydrogens (tertiary/aromatic N) is 3. The highest BCUT2D eigenvalue weighted by atomic mass is 35.5. The van der Waals surface area contributed by atoms with E-state index in [-0.39, 0.29) is 24.1 Å². The molecule has 3 heterocycles. The lowest BCUT2D eigenvalue weighted by molar-refractivity contribution is 0.0833. The van der Waals surface area contributed by atoms with Crippen molar-refractivity contribution in [1.82, 2.24) is 15.2 Å². The molecule has 0 atom stereocenters. The molecular formula is C30H28Cl3FN4O2. The average molecular weight is 602 g/mol. The van der Waals surface area contributed by atoms with Crippen LogP contribution in [0, 0.1) is 5.82 Å². The number of carbonyl (C=O) groups excluding carboxylic acids is 1. The standard InChI is InChI=1S/C30H27Cl2FN4O2.ClH/c1-30(2)26-27(22-12-8-19(16-25(22)39-30)18-6-10-21(33)11-7-18)34-35-28(26)29(38)37(36-14-4-3-5-15-36)24-13-9-20(31)17-23(24)32;/h6-13,16-17H,3-5,14-15H2,1-2H3,(H,34,35);1H. The number of hydrogen-bond acceptors (Lipinski definition) is 4. The molecule has 0 saturated carbocycles. The number of benzene rings is 3. The molecule has 208 valence electrons. The van der Waals surface area contributed by atoms with Crippen LogP contribution in [0.1, 0.15) is 49.2 Å². The van der Waals surface area contributed by atoms with Crippen LogP contribution in [-0.2, 0) is 5.60 Å². The van der Waals surface area contributed by atoms with Crippen LogP contribution in [0.5, 0.6) is 5.75 Å². The molecule has 1 N–H and O–H groups in total. The van der Waals surface area contributed by atoms with Gasteiger partial charge in [-0.05, 0) is 80.3 Å². The molecule has 0 radical (unpaired) electrons. The molecule has 6 rings (SSSR count). The Balaban J connectivity index is 0.00000323. The fourth-order valence-corrected chi connectivity index (χ4v) is 5.94. The molecule has 4 aromatic rings. The van der Waals surface area contributed by atoms with Crippen molar-refractivity contribution in [2.75, 3.05) is 18.1 Å². The lowest BCUT2D eigenvalue weighted by Crippen LogP contribution is -2.50. The second-order valence-corrected chi connectivity index (χ2v) is 11.2. The number of amides is 1. The van der Waals surface area contributed by atoms with E-state index in [4.69, 9.17) is 27.9 Å². The number of halogens is 4. The lowest BCUT2D eigenvalue weighted by Gasteiger charge is -2.38. The SMILES string of the molecule is CC1(C)Oc2cc(-c3ccc(F)cc3)ccc2-c2n[nH]c(C(=O)N(c3ccc(Cl)cc3Cl)N3CCCCC3)c21.Cl. The summed E-state index contributed by atoms with van der Waals surface area (Å²) >= 11 is 12.8. The second kappa shape index (κ2) is 11.1. The maximum absolute atomic E-state index is 14.3. The maximum Gasteiger partial charge on any atom is 0.291 e. The number of nitrogens with one attached hydrogen (secondary N) is 1. The minimum absolute atomic E-state index is 0. The van der Waals surface area contributed by atoms with E-state index in [1.165, 1.54) is 12.1 Å². The van der Waals surface area contributed by atoms with Crippen LogP contribution in [0.15, 0.2) is 60.7 Å². The number of ether oxygens (including phenoxy) is 1. The summed E-state index contributed by atoms with van der Waals surface area (Å²) in [5.41, 5.74) is 3.95. The van der Waals surface area contributed by atoms with Crippen molar-refractivity contribution in [1.29, 1.82) is 0 Å². The lowest BCUT2D eigenvalue weighted by atomic mass is 9.88. The quantitative estimate of drug-likeness (QED) is 0.256. The van der Waals surface area contributed by atoms with Crippen LogP contribution in [0.25, 0.3) is 22.4 Å². The molecule has 0 spiro atoms. The van der Waals surface area contributed by atoms with Crippen LogP contribution >= 0.6 is 35.6 Å². The van der Waals surface area contributed by atoms with Crippen molar-refractivity contribution in [2.45, 2.75) is 38.7 Å². The Morgan fingerprint density at radius 2 is 1.70 bits per heavy atom. The number of piperidine rings is 1. The molecule has 6 nitrogen and oxygen atoms in total. The van der Waals surface area contributed by atoms with Crippen molar-refractivity contribution < 1.29 is 13.9 Å². The third-order valence-electron chi connectivity index (χ3n) is 7.31. The summed E-state index contributed by atoms with van der Waals surface area (Å²) in [4.78, 5) is 14.3. The van der Waals surface area contributed by atoms with Gasteiger partial charge in [0.05, 0.1) is 16.3 Å². The van der Waals surface area contributed by atoms with Gasteiger partial charge in [0.25, 0.3) is 5.91 Å². The minimum Gasteiger partial charge on any atom is -0.482 e. The second-order valence-electron chi connectivity index (χ2n) is 10.4. The molecule has 0 aliphatic carbocycles. The molecule has 2 aliphatic rings. The molecule has 2 aliphatic heterocycles. The minimum atomic E-state index is -0.862. The summed E-state index contributed by atoms with van der Waals surface area (Å²) in [6.07, 6.45) is 3.08. The van der Waals surface area contributed by atoms with Crippen molar-refractivity contribution in [3.8, 4) is 28.1 Å². The Labute approximate surface area is 248 Å². The Hall–Kier alpha value is -3.10. The molecule has 1 fully saturated rings. The van der Waals surface area contributed by atoms with Gasteiger partial charge in [0.2, 0.25) is 0 Å². The summed E-state index contributed by atoms with van der Waals surface area (Å²) in [7, 11) is 0. The predicted octanol–water partition coefficient (Wildman–Crippen LogP) is 8.29. The molecule has 1 amide bonds. The van der Waals surface area contributed by atoms with E-state index >= 15 is 0 Å². The van der Waals surface area contributed by atoms with Gasteiger partial charge in [0, 0.05) is 23.7 Å². The highest BCUT2D eigenvalue weighted by Crippen LogP contribution is 2.47. The van der Waals surface area contributed by atoms with Gasteiger partial charge in [-0.15, -0.1) is 12.4 Å². The third-order valence-corrected chi connectivity index (χ3v) is 7.85. The van der Waals surface area contributed by atoms with Gasteiger partial charge in [-0.25, -0.2) is 14.4 Å². The van der Waals surface area contributed by atoms with Crippen LogP contribution in [0.3, 0.4) is 0 Å². The number of aromatic nitrogens is 2. The molecule has 40 heavy (non-hydrogen) atoms. The molecule has 0 bridgehead atoms. The first-order chi connectivity index (χ1) is 18.7. The first kappa shape index (κ1) is 28.4.